The molecule has 0 aromatic rings. The first kappa shape index (κ1) is 13.1. The van der Waals surface area contributed by atoms with Crippen molar-refractivity contribution in [3.63, 3.8) is 0 Å². The maximum atomic E-state index is 9.38. The van der Waals surface area contributed by atoms with Gasteiger partial charge in [0.05, 0.1) is 0 Å². The number of rotatable bonds is 3. The molecule has 3 atom stereocenters. The zero-order valence-corrected chi connectivity index (χ0v) is 11.2. The number of hydrogen-bond acceptors (Lipinski definition) is 3. The lowest BCUT2D eigenvalue weighted by Gasteiger charge is -2.36. The molecule has 1 saturated heterocycles. The Hall–Kier alpha value is -0.380. The van der Waals surface area contributed by atoms with Gasteiger partial charge in [0.2, 0.25) is 0 Å². The summed E-state index contributed by atoms with van der Waals surface area (Å²) in [6, 6.07) is 0.276. The van der Waals surface area contributed by atoms with Crippen LogP contribution in [0.4, 0.5) is 0 Å². The second-order valence-corrected chi connectivity index (χ2v) is 5.72. The molecule has 1 aliphatic heterocycles. The van der Waals surface area contributed by atoms with Gasteiger partial charge in [0.15, 0.2) is 0 Å². The van der Waals surface area contributed by atoms with Crippen LogP contribution in [-0.4, -0.2) is 36.3 Å². The molecule has 3 nitrogen and oxygen atoms in total. The van der Waals surface area contributed by atoms with E-state index in [0.29, 0.717) is 5.92 Å². The highest BCUT2D eigenvalue weighted by atomic mass is 16.5. The molecular weight excluding hydrogens is 212 g/mol. The minimum Gasteiger partial charge on any atom is -0.317 e. The molecule has 1 aliphatic carbocycles. The van der Waals surface area contributed by atoms with E-state index in [1.807, 2.05) is 0 Å². The molecule has 0 radical (unpaired) electrons. The Balaban J connectivity index is 1.97. The average molecular weight is 238 g/mol. The quantitative estimate of drug-likeness (QED) is 0.585. The SMILES string of the molecule is CC/C=C1/CCC(C2CCN(C)C2)C(NO)C1. The van der Waals surface area contributed by atoms with Gasteiger partial charge in [0.1, 0.15) is 0 Å². The Morgan fingerprint density at radius 2 is 2.29 bits per heavy atom. The zero-order chi connectivity index (χ0) is 12.3. The molecule has 2 N–H and O–H groups in total. The molecule has 17 heavy (non-hydrogen) atoms. The van der Waals surface area contributed by atoms with Crippen LogP contribution in [0.25, 0.3) is 0 Å². The van der Waals surface area contributed by atoms with E-state index in [2.05, 4.69) is 30.4 Å². The van der Waals surface area contributed by atoms with Crippen LogP contribution in [0.15, 0.2) is 11.6 Å². The number of hydrogen-bond donors (Lipinski definition) is 2. The lowest BCUT2D eigenvalue weighted by Crippen LogP contribution is -2.41. The van der Waals surface area contributed by atoms with Gasteiger partial charge in [0.25, 0.3) is 0 Å². The van der Waals surface area contributed by atoms with Crippen LogP contribution in [0.3, 0.4) is 0 Å². The summed E-state index contributed by atoms with van der Waals surface area (Å²) in [5.74, 6) is 1.42. The van der Waals surface area contributed by atoms with Gasteiger partial charge in [-0.15, -0.1) is 0 Å². The Labute approximate surface area is 105 Å². The van der Waals surface area contributed by atoms with Crippen LogP contribution in [-0.2, 0) is 0 Å². The summed E-state index contributed by atoms with van der Waals surface area (Å²) in [4.78, 5) is 2.41. The Morgan fingerprint density at radius 1 is 1.47 bits per heavy atom. The third-order valence-electron chi connectivity index (χ3n) is 4.49. The second kappa shape index (κ2) is 5.98. The molecule has 0 bridgehead atoms. The van der Waals surface area contributed by atoms with Crippen LogP contribution in [0, 0.1) is 11.8 Å². The molecule has 3 heteroatoms. The maximum absolute atomic E-state index is 9.38. The van der Waals surface area contributed by atoms with Crippen LogP contribution in [0.5, 0.6) is 0 Å². The lowest BCUT2D eigenvalue weighted by molar-refractivity contribution is 0.0661. The minimum absolute atomic E-state index is 0.276. The number of nitrogens with zero attached hydrogens (tertiary/aromatic N) is 1. The molecule has 2 fully saturated rings. The van der Waals surface area contributed by atoms with Crippen molar-refractivity contribution < 1.29 is 5.21 Å². The monoisotopic (exact) mass is 238 g/mol. The third-order valence-corrected chi connectivity index (χ3v) is 4.49. The van der Waals surface area contributed by atoms with Crippen molar-refractivity contribution in [2.75, 3.05) is 20.1 Å². The first-order chi connectivity index (χ1) is 8.24. The molecule has 0 amide bonds. The largest absolute Gasteiger partial charge is 0.317 e. The summed E-state index contributed by atoms with van der Waals surface area (Å²) in [6.07, 6.45) is 8.26. The van der Waals surface area contributed by atoms with Crippen molar-refractivity contribution in [1.82, 2.24) is 10.4 Å². The number of hydroxylamine groups is 1. The summed E-state index contributed by atoms with van der Waals surface area (Å²) in [7, 11) is 2.20. The van der Waals surface area contributed by atoms with Crippen molar-refractivity contribution >= 4 is 0 Å². The van der Waals surface area contributed by atoms with E-state index < -0.39 is 0 Å². The summed E-state index contributed by atoms with van der Waals surface area (Å²) in [5, 5.41) is 9.38. The van der Waals surface area contributed by atoms with E-state index in [1.165, 1.54) is 37.9 Å². The number of likely N-dealkylation sites (tertiary alicyclic amines) is 1. The van der Waals surface area contributed by atoms with Gasteiger partial charge in [-0.1, -0.05) is 18.6 Å². The van der Waals surface area contributed by atoms with Gasteiger partial charge in [-0.3, -0.25) is 0 Å². The Bertz CT molecular complexity index is 277. The Morgan fingerprint density at radius 3 is 2.88 bits per heavy atom. The topological polar surface area (TPSA) is 35.5 Å². The molecule has 0 aromatic heterocycles. The van der Waals surface area contributed by atoms with E-state index in [0.717, 1.165) is 18.8 Å². The minimum atomic E-state index is 0.276. The molecule has 1 saturated carbocycles. The highest BCUT2D eigenvalue weighted by Crippen LogP contribution is 2.37. The number of nitrogens with one attached hydrogen (secondary N) is 1. The molecule has 1 heterocycles. The van der Waals surface area contributed by atoms with E-state index in [9.17, 15) is 5.21 Å². The van der Waals surface area contributed by atoms with Gasteiger partial charge >= 0.3 is 0 Å². The average Bonchev–Trinajstić information content (AvgIpc) is 2.76. The molecule has 3 unspecified atom stereocenters. The molecule has 0 aromatic carbocycles. The normalized spacial score (nSPS) is 37.8. The molecular formula is C14H26N2O. The van der Waals surface area contributed by atoms with Crippen LogP contribution >= 0.6 is 0 Å². The standard InChI is InChI=1S/C14H26N2O/c1-3-4-11-5-6-13(14(9-11)15-17)12-7-8-16(2)10-12/h4,12-15,17H,3,5-10H2,1-2H3/b11-4-. The van der Waals surface area contributed by atoms with Crippen molar-refractivity contribution in [2.45, 2.75) is 45.1 Å². The fourth-order valence-corrected chi connectivity index (χ4v) is 3.59. The van der Waals surface area contributed by atoms with Gasteiger partial charge < -0.3 is 10.1 Å². The summed E-state index contributed by atoms with van der Waals surface area (Å²) >= 11 is 0. The number of allylic oxidation sites excluding steroid dienone is 1. The van der Waals surface area contributed by atoms with Crippen LogP contribution in [0.1, 0.15) is 39.0 Å². The van der Waals surface area contributed by atoms with Crippen molar-refractivity contribution in [1.29, 1.82) is 0 Å². The third kappa shape index (κ3) is 3.09. The van der Waals surface area contributed by atoms with Gasteiger partial charge in [-0.25, -0.2) is 5.48 Å². The fraction of sp³-hybridized carbons (Fsp3) is 0.857. The lowest BCUT2D eigenvalue weighted by atomic mass is 9.74. The fourth-order valence-electron chi connectivity index (χ4n) is 3.59. The first-order valence-corrected chi connectivity index (χ1v) is 7.00. The predicted molar refractivity (Wildman–Crippen MR) is 70.0 cm³/mol. The van der Waals surface area contributed by atoms with Crippen molar-refractivity contribution in [3.8, 4) is 0 Å². The summed E-state index contributed by atoms with van der Waals surface area (Å²) in [5.41, 5.74) is 4.10. The second-order valence-electron chi connectivity index (χ2n) is 5.72. The van der Waals surface area contributed by atoms with Gasteiger partial charge in [0, 0.05) is 12.6 Å². The zero-order valence-electron chi connectivity index (χ0n) is 11.2. The molecule has 98 valence electrons. The van der Waals surface area contributed by atoms with E-state index >= 15 is 0 Å². The van der Waals surface area contributed by atoms with Crippen LogP contribution < -0.4 is 5.48 Å². The van der Waals surface area contributed by atoms with Gasteiger partial charge in [-0.05, 0) is 57.5 Å². The molecule has 2 aliphatic rings. The molecule has 0 spiro atoms. The van der Waals surface area contributed by atoms with Crippen LogP contribution in [0.2, 0.25) is 0 Å². The Kier molecular flexibility index (Phi) is 4.60. The summed E-state index contributed by atoms with van der Waals surface area (Å²) in [6.45, 7) is 4.61. The highest BCUT2D eigenvalue weighted by molar-refractivity contribution is 5.09. The smallest absolute Gasteiger partial charge is 0.0388 e. The van der Waals surface area contributed by atoms with E-state index in [-0.39, 0.29) is 6.04 Å². The maximum Gasteiger partial charge on any atom is 0.0388 e. The highest BCUT2D eigenvalue weighted by Gasteiger charge is 2.35. The van der Waals surface area contributed by atoms with E-state index in [1.54, 1.807) is 0 Å². The van der Waals surface area contributed by atoms with E-state index in [4.69, 9.17) is 0 Å². The van der Waals surface area contributed by atoms with Crippen molar-refractivity contribution in [3.05, 3.63) is 11.6 Å². The molecule has 2 rings (SSSR count). The van der Waals surface area contributed by atoms with Crippen molar-refractivity contribution in [2.24, 2.45) is 11.8 Å². The first-order valence-electron chi connectivity index (χ1n) is 7.00. The predicted octanol–water partition coefficient (Wildman–Crippen LogP) is 2.42. The summed E-state index contributed by atoms with van der Waals surface area (Å²) < 4.78 is 0. The van der Waals surface area contributed by atoms with Gasteiger partial charge in [-0.2, -0.15) is 0 Å².